The molecule has 0 aromatic heterocycles. The zero-order chi connectivity index (χ0) is 14.7. The summed E-state index contributed by atoms with van der Waals surface area (Å²) in [5.74, 6) is 0.925. The van der Waals surface area contributed by atoms with Gasteiger partial charge in [0.1, 0.15) is 5.75 Å². The van der Waals surface area contributed by atoms with Gasteiger partial charge < -0.3 is 10.1 Å². The first-order chi connectivity index (χ1) is 10.2. The van der Waals surface area contributed by atoms with Crippen LogP contribution < -0.4 is 10.1 Å². The molecule has 1 aliphatic rings. The number of ether oxygens (including phenoxy) is 1. The molecule has 0 aliphatic carbocycles. The Hall–Kier alpha value is -1.94. The number of alkyl halides is 2. The predicted octanol–water partition coefficient (Wildman–Crippen LogP) is 4.24. The average molecular weight is 289 g/mol. The van der Waals surface area contributed by atoms with Gasteiger partial charge in [-0.15, -0.1) is 0 Å². The maximum absolute atomic E-state index is 12.5. The fraction of sp³-hybridized carbons (Fsp3) is 0.294. The Bertz CT molecular complexity index is 598. The van der Waals surface area contributed by atoms with Gasteiger partial charge in [0.15, 0.2) is 0 Å². The predicted molar refractivity (Wildman–Crippen MR) is 77.5 cm³/mol. The Morgan fingerprint density at radius 2 is 1.86 bits per heavy atom. The van der Waals surface area contributed by atoms with Gasteiger partial charge in [0, 0.05) is 30.1 Å². The summed E-state index contributed by atoms with van der Waals surface area (Å²) in [6.07, 6.45) is -1.50. The van der Waals surface area contributed by atoms with Crippen LogP contribution in [0.3, 0.4) is 0 Å². The minimum absolute atomic E-state index is 0.0650. The zero-order valence-electron chi connectivity index (χ0n) is 11.6. The molecule has 0 spiro atoms. The summed E-state index contributed by atoms with van der Waals surface area (Å²) in [6, 6.07) is 14.7. The normalized spacial score (nSPS) is 17.4. The molecule has 2 aromatic rings. The molecule has 3 rings (SSSR count). The first-order valence-corrected chi connectivity index (χ1v) is 7.06. The van der Waals surface area contributed by atoms with Gasteiger partial charge in [0.25, 0.3) is 6.43 Å². The van der Waals surface area contributed by atoms with Crippen molar-refractivity contribution in [3.05, 3.63) is 65.2 Å². The Morgan fingerprint density at radius 1 is 1.10 bits per heavy atom. The third kappa shape index (κ3) is 3.22. The summed E-state index contributed by atoms with van der Waals surface area (Å²) in [6.45, 7) is 1.35. The van der Waals surface area contributed by atoms with Crippen molar-refractivity contribution in [2.75, 3.05) is 6.61 Å². The van der Waals surface area contributed by atoms with Crippen LogP contribution in [0.2, 0.25) is 0 Å². The van der Waals surface area contributed by atoms with Crippen LogP contribution in [0.1, 0.15) is 35.6 Å². The van der Waals surface area contributed by atoms with Crippen molar-refractivity contribution in [1.29, 1.82) is 0 Å². The van der Waals surface area contributed by atoms with Crippen molar-refractivity contribution >= 4 is 0 Å². The van der Waals surface area contributed by atoms with E-state index >= 15 is 0 Å². The van der Waals surface area contributed by atoms with E-state index in [4.69, 9.17) is 4.74 Å². The van der Waals surface area contributed by atoms with Crippen LogP contribution in [0.25, 0.3) is 0 Å². The minimum Gasteiger partial charge on any atom is -0.493 e. The van der Waals surface area contributed by atoms with Crippen LogP contribution in [-0.2, 0) is 6.54 Å². The van der Waals surface area contributed by atoms with Crippen molar-refractivity contribution < 1.29 is 13.5 Å². The average Bonchev–Trinajstić information content (AvgIpc) is 2.53. The summed E-state index contributed by atoms with van der Waals surface area (Å²) < 4.78 is 30.6. The molecule has 4 heteroatoms. The van der Waals surface area contributed by atoms with Crippen molar-refractivity contribution in [3.8, 4) is 5.75 Å². The van der Waals surface area contributed by atoms with E-state index < -0.39 is 6.43 Å². The number of hydrogen-bond acceptors (Lipinski definition) is 2. The highest BCUT2D eigenvalue weighted by Crippen LogP contribution is 2.31. The van der Waals surface area contributed by atoms with Crippen molar-refractivity contribution in [2.24, 2.45) is 0 Å². The molecule has 0 fully saturated rings. The number of para-hydroxylation sites is 1. The Kier molecular flexibility index (Phi) is 4.15. The highest BCUT2D eigenvalue weighted by atomic mass is 19.3. The SMILES string of the molecule is FC(F)c1ccc(CNC2CCOc3ccccc32)cc1. The van der Waals surface area contributed by atoms with Gasteiger partial charge >= 0.3 is 0 Å². The first kappa shape index (κ1) is 14.0. The number of nitrogens with one attached hydrogen (secondary N) is 1. The van der Waals surface area contributed by atoms with Crippen LogP contribution in [0.5, 0.6) is 5.75 Å². The monoisotopic (exact) mass is 289 g/mol. The molecular weight excluding hydrogens is 272 g/mol. The molecule has 1 aliphatic heterocycles. The molecule has 0 saturated heterocycles. The fourth-order valence-corrected chi connectivity index (χ4v) is 2.58. The molecular formula is C17H17F2NO. The highest BCUT2D eigenvalue weighted by Gasteiger charge is 2.20. The van der Waals surface area contributed by atoms with E-state index in [1.165, 1.54) is 12.1 Å². The van der Waals surface area contributed by atoms with E-state index in [2.05, 4.69) is 11.4 Å². The molecule has 1 atom stereocenters. The Labute approximate surface area is 122 Å². The summed E-state index contributed by atoms with van der Waals surface area (Å²) >= 11 is 0. The quantitative estimate of drug-likeness (QED) is 0.909. The molecule has 1 N–H and O–H groups in total. The van der Waals surface area contributed by atoms with E-state index in [9.17, 15) is 8.78 Å². The lowest BCUT2D eigenvalue weighted by Gasteiger charge is -2.26. The highest BCUT2D eigenvalue weighted by molar-refractivity contribution is 5.37. The van der Waals surface area contributed by atoms with Gasteiger partial charge in [0.05, 0.1) is 6.61 Å². The number of hydrogen-bond donors (Lipinski definition) is 1. The van der Waals surface area contributed by atoms with E-state index in [1.807, 2.05) is 18.2 Å². The lowest BCUT2D eigenvalue weighted by Crippen LogP contribution is -2.26. The summed E-state index contributed by atoms with van der Waals surface area (Å²) in [5, 5.41) is 3.48. The number of halogens is 2. The third-order valence-corrected chi connectivity index (χ3v) is 3.74. The summed E-state index contributed by atoms with van der Waals surface area (Å²) in [4.78, 5) is 0. The van der Waals surface area contributed by atoms with Gasteiger partial charge in [-0.05, 0) is 11.6 Å². The van der Waals surface area contributed by atoms with E-state index in [1.54, 1.807) is 12.1 Å². The van der Waals surface area contributed by atoms with Gasteiger partial charge in [-0.3, -0.25) is 0 Å². The molecule has 1 heterocycles. The molecule has 0 radical (unpaired) electrons. The maximum atomic E-state index is 12.5. The topological polar surface area (TPSA) is 21.3 Å². The van der Waals surface area contributed by atoms with Crippen LogP contribution in [-0.4, -0.2) is 6.61 Å². The Balaban J connectivity index is 1.66. The second-order valence-electron chi connectivity index (χ2n) is 5.15. The number of fused-ring (bicyclic) bond motifs is 1. The first-order valence-electron chi connectivity index (χ1n) is 7.06. The van der Waals surface area contributed by atoms with Crippen molar-refractivity contribution in [3.63, 3.8) is 0 Å². The van der Waals surface area contributed by atoms with Gasteiger partial charge in [-0.25, -0.2) is 8.78 Å². The van der Waals surface area contributed by atoms with Crippen molar-refractivity contribution in [1.82, 2.24) is 5.32 Å². The molecule has 0 bridgehead atoms. The van der Waals surface area contributed by atoms with Gasteiger partial charge in [-0.1, -0.05) is 42.5 Å². The second-order valence-corrected chi connectivity index (χ2v) is 5.15. The van der Waals surface area contributed by atoms with Crippen LogP contribution in [0.4, 0.5) is 8.78 Å². The molecule has 110 valence electrons. The van der Waals surface area contributed by atoms with Crippen LogP contribution >= 0.6 is 0 Å². The summed E-state index contributed by atoms with van der Waals surface area (Å²) in [7, 11) is 0. The Morgan fingerprint density at radius 3 is 2.62 bits per heavy atom. The molecule has 0 saturated carbocycles. The van der Waals surface area contributed by atoms with Crippen molar-refractivity contribution in [2.45, 2.75) is 25.4 Å². The smallest absolute Gasteiger partial charge is 0.263 e. The zero-order valence-corrected chi connectivity index (χ0v) is 11.6. The fourth-order valence-electron chi connectivity index (χ4n) is 2.58. The molecule has 2 nitrogen and oxygen atoms in total. The molecule has 1 unspecified atom stereocenters. The molecule has 0 amide bonds. The minimum atomic E-state index is -2.41. The van der Waals surface area contributed by atoms with Gasteiger partial charge in [-0.2, -0.15) is 0 Å². The lowest BCUT2D eigenvalue weighted by atomic mass is 10.0. The third-order valence-electron chi connectivity index (χ3n) is 3.74. The van der Waals surface area contributed by atoms with E-state index in [0.717, 1.165) is 23.3 Å². The van der Waals surface area contributed by atoms with Crippen LogP contribution in [0, 0.1) is 0 Å². The number of rotatable bonds is 4. The standard InChI is InChI=1S/C17H17F2NO/c18-17(19)13-7-5-12(6-8-13)11-20-15-9-10-21-16-4-2-1-3-14(15)16/h1-8,15,17,20H,9-11H2. The lowest BCUT2D eigenvalue weighted by molar-refractivity contribution is 0.151. The molecule has 2 aromatic carbocycles. The maximum Gasteiger partial charge on any atom is 0.263 e. The van der Waals surface area contributed by atoms with Crippen LogP contribution in [0.15, 0.2) is 48.5 Å². The summed E-state index contributed by atoms with van der Waals surface area (Å²) in [5.41, 5.74) is 2.23. The largest absolute Gasteiger partial charge is 0.493 e. The number of benzene rings is 2. The van der Waals surface area contributed by atoms with Gasteiger partial charge in [0.2, 0.25) is 0 Å². The van der Waals surface area contributed by atoms with E-state index in [-0.39, 0.29) is 11.6 Å². The second kappa shape index (κ2) is 6.22. The van der Waals surface area contributed by atoms with E-state index in [0.29, 0.717) is 13.2 Å². The molecule has 21 heavy (non-hydrogen) atoms.